The third kappa shape index (κ3) is 4.19. The van der Waals surface area contributed by atoms with Crippen molar-refractivity contribution in [1.29, 1.82) is 0 Å². The Morgan fingerprint density at radius 3 is 2.37 bits per heavy atom. The predicted octanol–water partition coefficient (Wildman–Crippen LogP) is 5.39. The number of aryl methyl sites for hydroxylation is 1. The second kappa shape index (κ2) is 9.50. The summed E-state index contributed by atoms with van der Waals surface area (Å²) in [5.74, 6) is -0.117. The van der Waals surface area contributed by atoms with Crippen LogP contribution < -0.4 is 5.56 Å². The molecule has 0 bridgehead atoms. The highest BCUT2D eigenvalue weighted by Crippen LogP contribution is 2.36. The van der Waals surface area contributed by atoms with E-state index in [9.17, 15) is 9.59 Å². The summed E-state index contributed by atoms with van der Waals surface area (Å²) in [6.07, 6.45) is 1.94. The van der Waals surface area contributed by atoms with E-state index >= 15 is 0 Å². The van der Waals surface area contributed by atoms with Gasteiger partial charge in [0.1, 0.15) is 18.0 Å². The van der Waals surface area contributed by atoms with Crippen LogP contribution in [0.5, 0.6) is 0 Å². The van der Waals surface area contributed by atoms with Gasteiger partial charge in [0.2, 0.25) is 6.79 Å². The lowest BCUT2D eigenvalue weighted by atomic mass is 9.94. The molecular weight excluding hydrogens is 442 g/mol. The van der Waals surface area contributed by atoms with Crippen molar-refractivity contribution in [2.24, 2.45) is 0 Å². The lowest BCUT2D eigenvalue weighted by Crippen LogP contribution is -2.33. The Balaban J connectivity index is 1.89. The summed E-state index contributed by atoms with van der Waals surface area (Å²) in [6, 6.07) is 24.4. The van der Waals surface area contributed by atoms with Crippen LogP contribution in [-0.4, -0.2) is 24.4 Å². The molecule has 1 aliphatic heterocycles. The quantitative estimate of drug-likeness (QED) is 0.356. The second-order valence-corrected chi connectivity index (χ2v) is 8.46. The molecule has 0 radical (unpaired) electrons. The molecule has 176 valence electrons. The molecule has 35 heavy (non-hydrogen) atoms. The Kier molecular flexibility index (Phi) is 6.10. The minimum Gasteiger partial charge on any atom is -0.464 e. The Morgan fingerprint density at radius 2 is 1.71 bits per heavy atom. The van der Waals surface area contributed by atoms with Gasteiger partial charge in [0.25, 0.3) is 5.56 Å². The molecule has 3 aromatic carbocycles. The zero-order chi connectivity index (χ0) is 24.4. The van der Waals surface area contributed by atoms with Crippen molar-refractivity contribution in [1.82, 2.24) is 4.57 Å². The molecule has 6 heteroatoms. The number of fused-ring (bicyclic) bond motifs is 1. The molecule has 0 fully saturated rings. The maximum atomic E-state index is 14.1. The normalized spacial score (nSPS) is 13.6. The molecule has 1 aliphatic rings. The number of methoxy groups -OCH3 is 1. The van der Waals surface area contributed by atoms with Gasteiger partial charge in [0.05, 0.1) is 7.11 Å². The maximum absolute atomic E-state index is 14.1. The van der Waals surface area contributed by atoms with Crippen LogP contribution in [0.3, 0.4) is 0 Å². The van der Waals surface area contributed by atoms with Gasteiger partial charge in [-0.1, -0.05) is 78.4 Å². The van der Waals surface area contributed by atoms with Gasteiger partial charge in [0.15, 0.2) is 5.76 Å². The second-order valence-electron chi connectivity index (χ2n) is 8.46. The van der Waals surface area contributed by atoms with Crippen molar-refractivity contribution >= 4 is 16.7 Å². The van der Waals surface area contributed by atoms with E-state index < -0.39 is 12.0 Å². The van der Waals surface area contributed by atoms with Crippen molar-refractivity contribution < 1.29 is 19.0 Å². The zero-order valence-corrected chi connectivity index (χ0v) is 19.6. The van der Waals surface area contributed by atoms with E-state index in [0.717, 1.165) is 16.7 Å². The highest BCUT2D eigenvalue weighted by Gasteiger charge is 2.32. The summed E-state index contributed by atoms with van der Waals surface area (Å²) in [6.45, 7) is 2.02. The minimum atomic E-state index is -0.616. The van der Waals surface area contributed by atoms with E-state index in [1.54, 1.807) is 0 Å². The summed E-state index contributed by atoms with van der Waals surface area (Å²) < 4.78 is 17.9. The average Bonchev–Trinajstić information content (AvgIpc) is 3.43. The number of carbonyl (C=O) groups is 1. The molecule has 4 aromatic rings. The first-order valence-corrected chi connectivity index (χ1v) is 11.4. The van der Waals surface area contributed by atoms with Gasteiger partial charge in [-0.15, -0.1) is 0 Å². The Hall–Kier alpha value is -4.32. The Bertz CT molecular complexity index is 1470. The van der Waals surface area contributed by atoms with E-state index in [1.165, 1.54) is 17.9 Å². The maximum Gasteiger partial charge on any atom is 0.355 e. The van der Waals surface area contributed by atoms with Gasteiger partial charge in [-0.2, -0.15) is 0 Å². The number of hydrogen-bond acceptors (Lipinski definition) is 5. The highest BCUT2D eigenvalue weighted by atomic mass is 16.7. The van der Waals surface area contributed by atoms with E-state index in [1.807, 2.05) is 85.8 Å². The number of allylic oxidation sites excluding steroid dienone is 1. The largest absolute Gasteiger partial charge is 0.464 e. The summed E-state index contributed by atoms with van der Waals surface area (Å²) in [5, 5.41) is 1.22. The van der Waals surface area contributed by atoms with E-state index in [0.29, 0.717) is 28.5 Å². The molecule has 6 nitrogen and oxygen atoms in total. The van der Waals surface area contributed by atoms with Gasteiger partial charge in [-0.3, -0.25) is 9.36 Å². The van der Waals surface area contributed by atoms with Crippen molar-refractivity contribution in [2.45, 2.75) is 19.4 Å². The van der Waals surface area contributed by atoms with E-state index in [4.69, 9.17) is 14.2 Å². The van der Waals surface area contributed by atoms with Crippen LogP contribution in [0.25, 0.3) is 21.9 Å². The summed E-state index contributed by atoms with van der Waals surface area (Å²) in [4.78, 5) is 27.5. The fourth-order valence-electron chi connectivity index (χ4n) is 4.61. The number of rotatable bonds is 6. The lowest BCUT2D eigenvalue weighted by molar-refractivity contribution is 0.0575. The molecule has 1 unspecified atom stereocenters. The monoisotopic (exact) mass is 467 g/mol. The number of benzene rings is 3. The first-order chi connectivity index (χ1) is 17.1. The first-order valence-electron chi connectivity index (χ1n) is 11.4. The fourth-order valence-corrected chi connectivity index (χ4v) is 4.61. The number of aromatic nitrogens is 1. The molecule has 0 saturated heterocycles. The lowest BCUT2D eigenvalue weighted by Gasteiger charge is -2.26. The van der Waals surface area contributed by atoms with Crippen molar-refractivity contribution in [2.75, 3.05) is 13.9 Å². The molecule has 0 saturated carbocycles. The average molecular weight is 468 g/mol. The number of pyridine rings is 1. The van der Waals surface area contributed by atoms with Gasteiger partial charge >= 0.3 is 5.97 Å². The minimum absolute atomic E-state index is 0.0568. The molecule has 1 atom stereocenters. The molecule has 0 spiro atoms. The standard InChI is InChI=1S/C29H25NO5/c1-19-13-14-22-23(15-19)26(21-11-7-4-8-12-21)27(29(32)33-2)30(28(22)31)24(25-17-34-18-35-25)16-20-9-5-3-6-10-20/h3-15,17,24H,16,18H2,1-2H3. The van der Waals surface area contributed by atoms with Crippen molar-refractivity contribution in [3.05, 3.63) is 118 Å². The molecule has 0 N–H and O–H groups in total. The van der Waals surface area contributed by atoms with Crippen LogP contribution in [-0.2, 0) is 20.6 Å². The smallest absolute Gasteiger partial charge is 0.355 e. The summed E-state index contributed by atoms with van der Waals surface area (Å²) in [5.41, 5.74) is 3.32. The summed E-state index contributed by atoms with van der Waals surface area (Å²) in [7, 11) is 1.33. The zero-order valence-electron chi connectivity index (χ0n) is 19.6. The Labute approximate surface area is 203 Å². The number of hydrogen-bond donors (Lipinski definition) is 0. The SMILES string of the molecule is COC(=O)c1c(-c2ccccc2)c2cc(C)ccc2c(=O)n1C(Cc1ccccc1)C1=COCO1. The molecule has 0 amide bonds. The van der Waals surface area contributed by atoms with Crippen LogP contribution in [0.4, 0.5) is 0 Å². The van der Waals surface area contributed by atoms with E-state index in [2.05, 4.69) is 0 Å². The molecule has 5 rings (SSSR count). The summed E-state index contributed by atoms with van der Waals surface area (Å²) >= 11 is 0. The van der Waals surface area contributed by atoms with Crippen molar-refractivity contribution in [3.63, 3.8) is 0 Å². The fraction of sp³-hybridized carbons (Fsp3) is 0.172. The van der Waals surface area contributed by atoms with E-state index in [-0.39, 0.29) is 18.0 Å². The first kappa shape index (κ1) is 22.5. The predicted molar refractivity (Wildman–Crippen MR) is 134 cm³/mol. The topological polar surface area (TPSA) is 66.8 Å². The van der Waals surface area contributed by atoms with Gasteiger partial charge in [-0.25, -0.2) is 4.79 Å². The number of nitrogens with zero attached hydrogens (tertiary/aromatic N) is 1. The van der Waals surface area contributed by atoms with Gasteiger partial charge in [-0.05, 0) is 29.5 Å². The highest BCUT2D eigenvalue weighted by molar-refractivity contribution is 6.07. The van der Waals surface area contributed by atoms with Crippen LogP contribution >= 0.6 is 0 Å². The number of carbonyl (C=O) groups excluding carboxylic acids is 1. The molecule has 0 aliphatic carbocycles. The van der Waals surface area contributed by atoms with Gasteiger partial charge in [0, 0.05) is 17.4 Å². The molecular formula is C29H25NO5. The van der Waals surface area contributed by atoms with Crippen LogP contribution in [0.2, 0.25) is 0 Å². The third-order valence-corrected chi connectivity index (χ3v) is 6.22. The molecule has 1 aromatic heterocycles. The van der Waals surface area contributed by atoms with Crippen LogP contribution in [0, 0.1) is 6.92 Å². The van der Waals surface area contributed by atoms with Crippen LogP contribution in [0.1, 0.15) is 27.7 Å². The van der Waals surface area contributed by atoms with Gasteiger partial charge < -0.3 is 14.2 Å². The third-order valence-electron chi connectivity index (χ3n) is 6.22. The Morgan fingerprint density at radius 1 is 1.00 bits per heavy atom. The molecule has 2 heterocycles. The van der Waals surface area contributed by atoms with Crippen molar-refractivity contribution in [3.8, 4) is 11.1 Å². The number of ether oxygens (including phenoxy) is 3. The van der Waals surface area contributed by atoms with Crippen LogP contribution in [0.15, 0.2) is 95.7 Å². The number of esters is 1.